The third kappa shape index (κ3) is 4.10. The van der Waals surface area contributed by atoms with Gasteiger partial charge < -0.3 is 25.3 Å². The van der Waals surface area contributed by atoms with E-state index in [1.54, 1.807) is 37.4 Å². The van der Waals surface area contributed by atoms with Crippen LogP contribution in [-0.2, 0) is 0 Å². The highest BCUT2D eigenvalue weighted by Gasteiger charge is 2.24. The molecule has 0 aliphatic heterocycles. The van der Waals surface area contributed by atoms with Crippen LogP contribution < -0.4 is 20.8 Å². The number of hydrogen-bond acceptors (Lipinski definition) is 7. The molecule has 1 aliphatic carbocycles. The zero-order valence-electron chi connectivity index (χ0n) is 18.9. The molecule has 4 N–H and O–H groups in total. The molecular formula is C25H23N5O5. The van der Waals surface area contributed by atoms with Crippen molar-refractivity contribution in [3.05, 3.63) is 64.6 Å². The van der Waals surface area contributed by atoms with Gasteiger partial charge in [-0.1, -0.05) is 18.2 Å². The van der Waals surface area contributed by atoms with Crippen LogP contribution in [0.2, 0.25) is 0 Å². The molecule has 5 rings (SSSR count). The van der Waals surface area contributed by atoms with Crippen LogP contribution >= 0.6 is 0 Å². The number of nitrogens with zero attached hydrogens (tertiary/aromatic N) is 3. The first kappa shape index (κ1) is 22.2. The number of allylic oxidation sites excluding steroid dienone is 2. The lowest BCUT2D eigenvalue weighted by Gasteiger charge is -2.14. The van der Waals surface area contributed by atoms with Crippen molar-refractivity contribution < 1.29 is 19.4 Å². The summed E-state index contributed by atoms with van der Waals surface area (Å²) in [7, 11) is 1.56. The molecule has 1 aliphatic rings. The second-order valence-corrected chi connectivity index (χ2v) is 8.15. The summed E-state index contributed by atoms with van der Waals surface area (Å²) < 4.78 is 11.3. The average molecular weight is 473 g/mol. The van der Waals surface area contributed by atoms with E-state index < -0.39 is 11.7 Å². The van der Waals surface area contributed by atoms with Crippen molar-refractivity contribution in [2.45, 2.75) is 25.7 Å². The van der Waals surface area contributed by atoms with Gasteiger partial charge in [0.1, 0.15) is 22.7 Å². The van der Waals surface area contributed by atoms with Crippen molar-refractivity contribution in [1.82, 2.24) is 19.6 Å². The van der Waals surface area contributed by atoms with Gasteiger partial charge in [-0.15, -0.1) is 0 Å². The summed E-state index contributed by atoms with van der Waals surface area (Å²) in [4.78, 5) is 31.7. The lowest BCUT2D eigenvalue weighted by atomic mass is 9.92. The molecule has 0 spiro atoms. The Morgan fingerprint density at radius 2 is 1.89 bits per heavy atom. The molecule has 0 unspecified atom stereocenters. The molecule has 0 saturated heterocycles. The van der Waals surface area contributed by atoms with E-state index in [-0.39, 0.29) is 17.3 Å². The second-order valence-electron chi connectivity index (χ2n) is 8.15. The molecule has 178 valence electrons. The van der Waals surface area contributed by atoms with Crippen molar-refractivity contribution in [2.75, 3.05) is 7.11 Å². The minimum absolute atomic E-state index is 0.0546. The van der Waals surface area contributed by atoms with E-state index in [0.717, 1.165) is 36.8 Å². The number of amides is 1. The van der Waals surface area contributed by atoms with Crippen LogP contribution in [0.15, 0.2) is 53.5 Å². The number of fused-ring (bicyclic) bond motifs is 1. The Kier molecular flexibility index (Phi) is 5.69. The van der Waals surface area contributed by atoms with Crippen molar-refractivity contribution >= 4 is 17.3 Å². The normalized spacial score (nSPS) is 13.5. The fourth-order valence-corrected chi connectivity index (χ4v) is 4.34. The van der Waals surface area contributed by atoms with Crippen LogP contribution in [0.5, 0.6) is 17.5 Å². The maximum Gasteiger partial charge on any atom is 0.411 e. The highest BCUT2D eigenvalue weighted by molar-refractivity contribution is 5.88. The van der Waals surface area contributed by atoms with Crippen molar-refractivity contribution in [2.24, 2.45) is 5.73 Å². The third-order valence-corrected chi connectivity index (χ3v) is 5.97. The lowest BCUT2D eigenvalue weighted by Crippen LogP contribution is -2.17. The van der Waals surface area contributed by atoms with E-state index in [1.807, 2.05) is 0 Å². The maximum absolute atomic E-state index is 13.5. The summed E-state index contributed by atoms with van der Waals surface area (Å²) in [5.41, 5.74) is 8.51. The van der Waals surface area contributed by atoms with Crippen LogP contribution in [0.4, 0.5) is 4.79 Å². The maximum atomic E-state index is 13.5. The predicted molar refractivity (Wildman–Crippen MR) is 129 cm³/mol. The zero-order chi connectivity index (χ0) is 24.5. The van der Waals surface area contributed by atoms with Gasteiger partial charge in [-0.25, -0.2) is 9.78 Å². The third-order valence-electron chi connectivity index (χ3n) is 5.97. The molecule has 4 aromatic rings. The average Bonchev–Trinajstić information content (AvgIpc) is 3.24. The molecule has 1 amide bonds. The van der Waals surface area contributed by atoms with Gasteiger partial charge in [0.15, 0.2) is 0 Å². The number of methoxy groups -OCH3 is 1. The van der Waals surface area contributed by atoms with E-state index in [0.29, 0.717) is 28.2 Å². The number of aromatic hydroxyl groups is 1. The molecule has 35 heavy (non-hydrogen) atoms. The predicted octanol–water partition coefficient (Wildman–Crippen LogP) is 3.88. The number of nitrogens with one attached hydrogen (secondary N) is 1. The molecule has 0 radical (unpaired) electrons. The Hall–Kier alpha value is -4.60. The Balaban J connectivity index is 1.72. The zero-order valence-corrected chi connectivity index (χ0v) is 18.9. The van der Waals surface area contributed by atoms with Crippen molar-refractivity contribution in [3.63, 3.8) is 0 Å². The number of carbonyl (C=O) groups excluding carboxylic acids is 1. The van der Waals surface area contributed by atoms with Crippen LogP contribution in [0.25, 0.3) is 33.6 Å². The van der Waals surface area contributed by atoms with E-state index in [9.17, 15) is 14.7 Å². The van der Waals surface area contributed by atoms with Crippen LogP contribution in [0.1, 0.15) is 31.2 Å². The Morgan fingerprint density at radius 1 is 1.11 bits per heavy atom. The van der Waals surface area contributed by atoms with Crippen molar-refractivity contribution in [3.8, 4) is 39.9 Å². The number of aromatic nitrogens is 4. The molecule has 3 heterocycles. The summed E-state index contributed by atoms with van der Waals surface area (Å²) >= 11 is 0. The number of pyridine rings is 1. The van der Waals surface area contributed by atoms with Gasteiger partial charge in [0, 0.05) is 23.4 Å². The van der Waals surface area contributed by atoms with E-state index >= 15 is 0 Å². The number of aromatic amines is 1. The largest absolute Gasteiger partial charge is 0.497 e. The Morgan fingerprint density at radius 3 is 2.51 bits per heavy atom. The topological polar surface area (TPSA) is 145 Å². The van der Waals surface area contributed by atoms with Crippen molar-refractivity contribution in [1.29, 1.82) is 0 Å². The summed E-state index contributed by atoms with van der Waals surface area (Å²) in [6.45, 7) is 0. The summed E-state index contributed by atoms with van der Waals surface area (Å²) in [5.74, 6) is 0.439. The smallest absolute Gasteiger partial charge is 0.411 e. The summed E-state index contributed by atoms with van der Waals surface area (Å²) in [5, 5.41) is 15.5. The highest BCUT2D eigenvalue weighted by Crippen LogP contribution is 2.37. The SMILES string of the molecule is COc1ccc(-c2c(O)[nH]c3c(C4=CCCCC4)c(-c4ccc(OC(N)=O)nc4)nn3c2=O)cc1. The molecule has 0 atom stereocenters. The van der Waals surface area contributed by atoms with Gasteiger partial charge >= 0.3 is 6.09 Å². The highest BCUT2D eigenvalue weighted by atomic mass is 16.6. The number of nitrogens with two attached hydrogens (primary N) is 1. The number of ether oxygens (including phenoxy) is 2. The number of H-pyrrole nitrogens is 1. The van der Waals surface area contributed by atoms with Gasteiger partial charge in [-0.2, -0.15) is 9.61 Å². The Bertz CT molecular complexity index is 1500. The fraction of sp³-hybridized carbons (Fsp3) is 0.200. The molecule has 10 heteroatoms. The number of hydrogen-bond donors (Lipinski definition) is 3. The Labute approximate surface area is 199 Å². The first-order valence-electron chi connectivity index (χ1n) is 11.1. The standard InChI is InChI=1S/C25H23N5O5/c1-34-17-10-7-15(8-11-17)20-23(31)28-22-19(14-5-3-2-4-6-14)21(29-30(22)24(20)32)16-9-12-18(27-13-16)35-25(26)33/h5,7-13,28,31H,2-4,6H2,1H3,(H2,26,33). The van der Waals surface area contributed by atoms with Gasteiger partial charge in [-0.05, 0) is 55.0 Å². The summed E-state index contributed by atoms with van der Waals surface area (Å²) in [6.07, 6.45) is 6.49. The quantitative estimate of drug-likeness (QED) is 0.399. The molecule has 0 bridgehead atoms. The molecule has 10 nitrogen and oxygen atoms in total. The minimum atomic E-state index is -0.960. The molecule has 0 saturated carbocycles. The number of rotatable bonds is 5. The van der Waals surface area contributed by atoms with E-state index in [1.165, 1.54) is 16.8 Å². The van der Waals surface area contributed by atoms with Crippen LogP contribution in [-0.4, -0.2) is 37.9 Å². The van der Waals surface area contributed by atoms with Gasteiger partial charge in [0.2, 0.25) is 11.8 Å². The minimum Gasteiger partial charge on any atom is -0.497 e. The van der Waals surface area contributed by atoms with Crippen LogP contribution in [0.3, 0.4) is 0 Å². The molecular weight excluding hydrogens is 450 g/mol. The monoisotopic (exact) mass is 473 g/mol. The second kappa shape index (κ2) is 8.98. The van der Waals surface area contributed by atoms with E-state index in [2.05, 4.69) is 21.1 Å². The summed E-state index contributed by atoms with van der Waals surface area (Å²) in [6, 6.07) is 10.0. The van der Waals surface area contributed by atoms with Gasteiger partial charge in [0.05, 0.1) is 7.11 Å². The molecule has 1 aromatic carbocycles. The first-order valence-corrected chi connectivity index (χ1v) is 11.1. The van der Waals surface area contributed by atoms with Gasteiger partial charge in [-0.3, -0.25) is 4.79 Å². The number of benzene rings is 1. The van der Waals surface area contributed by atoms with Crippen LogP contribution in [0, 0.1) is 0 Å². The fourth-order valence-electron chi connectivity index (χ4n) is 4.34. The van der Waals surface area contributed by atoms with Gasteiger partial charge in [0.25, 0.3) is 5.56 Å². The number of carbonyl (C=O) groups is 1. The lowest BCUT2D eigenvalue weighted by molar-refractivity contribution is 0.209. The molecule has 0 fully saturated rings. The molecule has 3 aromatic heterocycles. The van der Waals surface area contributed by atoms with E-state index in [4.69, 9.17) is 15.2 Å². The first-order chi connectivity index (χ1) is 17.0. The number of primary amides is 1.